The molecule has 0 spiro atoms. The van der Waals surface area contributed by atoms with E-state index in [-0.39, 0.29) is 33.2 Å². The van der Waals surface area contributed by atoms with Crippen LogP contribution in [0, 0.1) is 29.8 Å². The quantitative estimate of drug-likeness (QED) is 0.0690. The number of benzene rings is 7. The van der Waals surface area contributed by atoms with Crippen LogP contribution in [-0.4, -0.2) is 11.6 Å². The predicted octanol–water partition coefficient (Wildman–Crippen LogP) is 14.9. The van der Waals surface area contributed by atoms with Crippen LogP contribution in [0.4, 0.5) is 17.1 Å². The van der Waals surface area contributed by atoms with Gasteiger partial charge < -0.3 is 14.4 Å². The summed E-state index contributed by atoms with van der Waals surface area (Å²) in [4.78, 5) is 7.30. The van der Waals surface area contributed by atoms with Crippen LogP contribution >= 0.6 is 7.14 Å². The van der Waals surface area contributed by atoms with Crippen molar-refractivity contribution in [3.63, 3.8) is 0 Å². The van der Waals surface area contributed by atoms with Crippen molar-refractivity contribution in [3.8, 4) is 45.2 Å². The monoisotopic (exact) mass is 1020 g/mol. The van der Waals surface area contributed by atoms with Gasteiger partial charge in [0.15, 0.2) is 7.14 Å². The molecule has 8 rings (SSSR count). The average Bonchev–Trinajstić information content (AvgIpc) is 3.29. The van der Waals surface area contributed by atoms with Gasteiger partial charge in [-0.1, -0.05) is 132 Å². The van der Waals surface area contributed by atoms with Crippen molar-refractivity contribution in [2.24, 2.45) is 0 Å². The Hall–Kier alpha value is -5.98. The van der Waals surface area contributed by atoms with Gasteiger partial charge in [-0.3, -0.25) is 0 Å². The van der Waals surface area contributed by atoms with Crippen molar-refractivity contribution in [1.82, 2.24) is 4.98 Å². The molecular weight excluding hydrogens is 969 g/mol. The summed E-state index contributed by atoms with van der Waals surface area (Å²) < 4.78 is 13.5. The molecule has 1 heterocycles. The first kappa shape index (κ1) is 46.5. The summed E-state index contributed by atoms with van der Waals surface area (Å²) in [7, 11) is -2.86. The van der Waals surface area contributed by atoms with Gasteiger partial charge in [0.25, 0.3) is 0 Å². The summed E-state index contributed by atoms with van der Waals surface area (Å²) in [6, 6.07) is 73.2. The van der Waals surface area contributed by atoms with E-state index in [4.69, 9.17) is 4.98 Å². The average molecular weight is 1020 g/mol. The third kappa shape index (κ3) is 12.1. The second-order valence-electron chi connectivity index (χ2n) is 17.4. The zero-order valence-electron chi connectivity index (χ0n) is 36.9. The zero-order valence-corrected chi connectivity index (χ0v) is 40.0. The van der Waals surface area contributed by atoms with E-state index in [0.29, 0.717) is 0 Å². The largest absolute Gasteiger partial charge is 3.00 e. The topological polar surface area (TPSA) is 33.2 Å². The minimum absolute atomic E-state index is 0. The van der Waals surface area contributed by atoms with Crippen LogP contribution in [-0.2, 0) is 37.8 Å². The normalized spacial score (nSPS) is 12.0. The third-order valence-corrected chi connectivity index (χ3v) is 12.4. The number of aromatic nitrogens is 1. The number of nitrogens with zero attached hydrogens (tertiary/aromatic N) is 2. The Balaban J connectivity index is 0.000000275. The van der Waals surface area contributed by atoms with E-state index in [9.17, 15) is 4.57 Å². The van der Waals surface area contributed by atoms with Gasteiger partial charge in [-0.25, -0.2) is 0 Å². The molecule has 1 atom stereocenters. The molecule has 63 heavy (non-hydrogen) atoms. The summed E-state index contributed by atoms with van der Waals surface area (Å²) in [5.74, 6) is 3.08. The standard InChI is InChI=1S/C40H38NOP.C18H14N.Au/c1-39(2,3)34-19-13-31(14-20-34)37-27-33(28-38(41-37)32-15-21-35(22-16-32)40(4,5)6)30-17-23-36(24-18-30)43(7,42)26-25-29-11-9-8-10-12-29;1-4-10-16(11-5-1)19(17-12-6-2-7-13-17)18-14-8-3-9-15-18;/h8-13,15,17-24,27-28H,1-7H3;1-2,4-15H;/q-2;-1;+3. The van der Waals surface area contributed by atoms with Crippen LogP contribution < -0.4 is 10.2 Å². The SMILES string of the molecule is CC(C)(C)c1c[c-]c(-c2cc(-c3ccc(P(C)(=O)C#Cc4ccccc4)cc3)cc(-c3[c-]cc(C(C)(C)C)cc3)n2)cc1.[Au+3].[c-]1ccc(N(c2ccccc2)c2ccccc2)cc1. The molecule has 0 aliphatic rings. The molecule has 0 saturated carbocycles. The van der Waals surface area contributed by atoms with Gasteiger partial charge in [-0.05, 0) is 87.5 Å². The Labute approximate surface area is 391 Å². The van der Waals surface area contributed by atoms with Crippen LogP contribution in [0.2, 0.25) is 0 Å². The van der Waals surface area contributed by atoms with E-state index >= 15 is 0 Å². The summed E-state index contributed by atoms with van der Waals surface area (Å²) >= 11 is 0. The minimum atomic E-state index is -2.86. The minimum Gasteiger partial charge on any atom is -0.345 e. The van der Waals surface area contributed by atoms with Crippen LogP contribution in [0.5, 0.6) is 0 Å². The molecule has 316 valence electrons. The summed E-state index contributed by atoms with van der Waals surface area (Å²) in [5.41, 5.74) is 15.5. The van der Waals surface area contributed by atoms with Gasteiger partial charge >= 0.3 is 22.4 Å². The van der Waals surface area contributed by atoms with E-state index < -0.39 is 7.14 Å². The number of pyridine rings is 1. The fraction of sp³-hybridized carbons (Fsp3) is 0.155. The maximum atomic E-state index is 13.5. The van der Waals surface area contributed by atoms with E-state index in [1.165, 1.54) is 11.1 Å². The third-order valence-electron chi connectivity index (χ3n) is 10.6. The molecule has 0 N–H and O–H groups in total. The fourth-order valence-electron chi connectivity index (χ4n) is 6.90. The Morgan fingerprint density at radius 3 is 1.41 bits per heavy atom. The van der Waals surface area contributed by atoms with Gasteiger partial charge in [0, 0.05) is 28.9 Å². The van der Waals surface area contributed by atoms with Crippen molar-refractivity contribution in [1.29, 1.82) is 0 Å². The maximum absolute atomic E-state index is 13.5. The molecule has 0 saturated heterocycles. The van der Waals surface area contributed by atoms with Crippen molar-refractivity contribution in [2.45, 2.75) is 52.4 Å². The Kier molecular flexibility index (Phi) is 15.1. The van der Waals surface area contributed by atoms with Crippen LogP contribution in [0.1, 0.15) is 58.2 Å². The number of hydrogen-bond acceptors (Lipinski definition) is 3. The molecule has 0 bridgehead atoms. The zero-order chi connectivity index (χ0) is 43.7. The van der Waals surface area contributed by atoms with Gasteiger partial charge in [-0.2, -0.15) is 18.2 Å². The summed E-state index contributed by atoms with van der Waals surface area (Å²) in [6.07, 6.45) is 0. The molecule has 8 aromatic rings. The van der Waals surface area contributed by atoms with Crippen LogP contribution in [0.25, 0.3) is 33.6 Å². The predicted molar refractivity (Wildman–Crippen MR) is 262 cm³/mol. The van der Waals surface area contributed by atoms with Crippen molar-refractivity contribution >= 4 is 29.5 Å². The van der Waals surface area contributed by atoms with Gasteiger partial charge in [0.05, 0.1) is 0 Å². The number of rotatable bonds is 7. The molecule has 1 aromatic heterocycles. The fourth-order valence-corrected chi connectivity index (χ4v) is 8.09. The molecule has 5 heteroatoms. The van der Waals surface area contributed by atoms with E-state index in [1.807, 2.05) is 78.9 Å². The van der Waals surface area contributed by atoms with Crippen molar-refractivity contribution in [3.05, 3.63) is 223 Å². The van der Waals surface area contributed by atoms with Crippen LogP contribution in [0.15, 0.2) is 188 Å². The second-order valence-corrected chi connectivity index (χ2v) is 20.0. The molecule has 7 aromatic carbocycles. The molecule has 3 nitrogen and oxygen atoms in total. The molecular formula is C58H52AuN2OP. The van der Waals surface area contributed by atoms with E-state index in [1.54, 1.807) is 6.66 Å². The number of anilines is 3. The molecule has 1 unspecified atom stereocenters. The molecule has 0 amide bonds. The first-order chi connectivity index (χ1) is 29.7. The summed E-state index contributed by atoms with van der Waals surface area (Å²) in [5, 5.41) is 0.742. The first-order valence-electron chi connectivity index (χ1n) is 21.0. The first-order valence-corrected chi connectivity index (χ1v) is 23.1. The van der Waals surface area contributed by atoms with E-state index in [0.717, 1.165) is 61.6 Å². The van der Waals surface area contributed by atoms with Gasteiger partial charge in [0.2, 0.25) is 0 Å². The number of para-hydroxylation sites is 2. The second kappa shape index (κ2) is 20.5. The molecule has 0 aliphatic carbocycles. The van der Waals surface area contributed by atoms with Crippen LogP contribution in [0.3, 0.4) is 0 Å². The molecule has 0 aliphatic heterocycles. The smallest absolute Gasteiger partial charge is 0.345 e. The van der Waals surface area contributed by atoms with Gasteiger partial charge in [0.1, 0.15) is 0 Å². The maximum Gasteiger partial charge on any atom is 3.00 e. The van der Waals surface area contributed by atoms with E-state index in [2.05, 4.69) is 185 Å². The summed E-state index contributed by atoms with van der Waals surface area (Å²) in [6.45, 7) is 15.0. The van der Waals surface area contributed by atoms with Gasteiger partial charge in [-0.15, -0.1) is 82.9 Å². The van der Waals surface area contributed by atoms with Crippen molar-refractivity contribution < 1.29 is 26.9 Å². The molecule has 0 fully saturated rings. The Morgan fingerprint density at radius 2 is 0.984 bits per heavy atom. The molecule has 0 radical (unpaired) electrons. The Bertz CT molecular complexity index is 2630. The van der Waals surface area contributed by atoms with Crippen molar-refractivity contribution in [2.75, 3.05) is 11.6 Å². The Morgan fingerprint density at radius 1 is 0.540 bits per heavy atom. The number of hydrogen-bond donors (Lipinski definition) is 0.